The van der Waals surface area contributed by atoms with Crippen molar-refractivity contribution >= 4 is 11.6 Å². The third-order valence-electron chi connectivity index (χ3n) is 3.26. The molecule has 2 unspecified atom stereocenters. The first-order valence-corrected chi connectivity index (χ1v) is 6.34. The average Bonchev–Trinajstić information content (AvgIpc) is 2.29. The van der Waals surface area contributed by atoms with Crippen molar-refractivity contribution in [3.05, 3.63) is 29.6 Å². The first kappa shape index (κ1) is 10.9. The smallest absolute Gasteiger partial charge is 0.0466 e. The summed E-state index contributed by atoms with van der Waals surface area (Å²) in [6.07, 6.45) is 6.90. The highest BCUT2D eigenvalue weighted by molar-refractivity contribution is 6.18. The molecule has 2 rings (SSSR count). The lowest BCUT2D eigenvalue weighted by molar-refractivity contribution is 0.441. The SMILES string of the molecule is CC(CCl)CC1CCCc2cccnc21. The molecule has 0 saturated carbocycles. The van der Waals surface area contributed by atoms with Crippen LogP contribution in [0.4, 0.5) is 0 Å². The lowest BCUT2D eigenvalue weighted by atomic mass is 9.82. The Bertz CT molecular complexity index is 324. The second-order valence-corrected chi connectivity index (χ2v) is 4.94. The molecule has 1 aromatic heterocycles. The van der Waals surface area contributed by atoms with E-state index in [-0.39, 0.29) is 0 Å². The van der Waals surface area contributed by atoms with Gasteiger partial charge in [-0.3, -0.25) is 4.98 Å². The molecule has 2 atom stereocenters. The summed E-state index contributed by atoms with van der Waals surface area (Å²) >= 11 is 5.88. The predicted molar refractivity (Wildman–Crippen MR) is 64.4 cm³/mol. The summed E-state index contributed by atoms with van der Waals surface area (Å²) in [5.74, 6) is 2.01. The molecule has 0 aromatic carbocycles. The maximum Gasteiger partial charge on any atom is 0.0466 e. The fourth-order valence-corrected chi connectivity index (χ4v) is 2.61. The van der Waals surface area contributed by atoms with Gasteiger partial charge in [-0.05, 0) is 43.2 Å². The minimum atomic E-state index is 0.602. The normalized spacial score (nSPS) is 22.1. The Labute approximate surface area is 96.9 Å². The lowest BCUT2D eigenvalue weighted by Crippen LogP contribution is -2.14. The van der Waals surface area contributed by atoms with E-state index in [2.05, 4.69) is 18.0 Å². The van der Waals surface area contributed by atoms with Gasteiger partial charge in [0.05, 0.1) is 0 Å². The van der Waals surface area contributed by atoms with Crippen molar-refractivity contribution in [3.8, 4) is 0 Å². The molecular weight excluding hydrogens is 206 g/mol. The van der Waals surface area contributed by atoms with Crippen LogP contribution in [-0.4, -0.2) is 10.9 Å². The largest absolute Gasteiger partial charge is 0.261 e. The molecule has 82 valence electrons. The van der Waals surface area contributed by atoms with Gasteiger partial charge in [0.1, 0.15) is 0 Å². The molecule has 0 N–H and O–H groups in total. The van der Waals surface area contributed by atoms with Crippen LogP contribution in [0.15, 0.2) is 18.3 Å². The molecule has 1 aromatic rings. The summed E-state index contributed by atoms with van der Waals surface area (Å²) in [5.41, 5.74) is 2.79. The van der Waals surface area contributed by atoms with Crippen molar-refractivity contribution in [2.24, 2.45) is 5.92 Å². The maximum absolute atomic E-state index is 5.88. The molecule has 0 saturated heterocycles. The predicted octanol–water partition coefficient (Wildman–Crippen LogP) is 3.77. The van der Waals surface area contributed by atoms with Crippen molar-refractivity contribution < 1.29 is 0 Å². The van der Waals surface area contributed by atoms with Crippen LogP contribution in [0.2, 0.25) is 0 Å². The van der Waals surface area contributed by atoms with Crippen molar-refractivity contribution in [3.63, 3.8) is 0 Å². The summed E-state index contributed by atoms with van der Waals surface area (Å²) < 4.78 is 0. The minimum absolute atomic E-state index is 0.602. The molecule has 0 amide bonds. The third-order valence-corrected chi connectivity index (χ3v) is 3.79. The van der Waals surface area contributed by atoms with E-state index in [1.807, 2.05) is 12.3 Å². The van der Waals surface area contributed by atoms with Crippen molar-refractivity contribution in [2.45, 2.75) is 38.5 Å². The van der Waals surface area contributed by atoms with Crippen LogP contribution < -0.4 is 0 Å². The number of pyridine rings is 1. The molecule has 1 aliphatic carbocycles. The van der Waals surface area contributed by atoms with E-state index in [1.165, 1.54) is 36.9 Å². The van der Waals surface area contributed by atoms with Crippen LogP contribution in [-0.2, 0) is 6.42 Å². The zero-order valence-electron chi connectivity index (χ0n) is 9.25. The molecule has 1 aliphatic rings. The Morgan fingerprint density at radius 2 is 2.47 bits per heavy atom. The summed E-state index contributed by atoms with van der Waals surface area (Å²) in [5, 5.41) is 0. The number of rotatable bonds is 3. The number of aromatic nitrogens is 1. The lowest BCUT2D eigenvalue weighted by Gasteiger charge is -2.25. The second-order valence-electron chi connectivity index (χ2n) is 4.63. The molecule has 0 fully saturated rings. The number of nitrogens with zero attached hydrogens (tertiary/aromatic N) is 1. The fourth-order valence-electron chi connectivity index (χ4n) is 2.48. The minimum Gasteiger partial charge on any atom is -0.261 e. The highest BCUT2D eigenvalue weighted by Crippen LogP contribution is 2.34. The van der Waals surface area contributed by atoms with Crippen LogP contribution in [0, 0.1) is 5.92 Å². The molecule has 1 heterocycles. The van der Waals surface area contributed by atoms with E-state index in [1.54, 1.807) is 0 Å². The van der Waals surface area contributed by atoms with Crippen molar-refractivity contribution in [2.75, 3.05) is 5.88 Å². The molecular formula is C13H18ClN. The maximum atomic E-state index is 5.88. The van der Waals surface area contributed by atoms with Crippen LogP contribution in [0.1, 0.15) is 43.4 Å². The number of fused-ring (bicyclic) bond motifs is 1. The van der Waals surface area contributed by atoms with Gasteiger partial charge < -0.3 is 0 Å². The Balaban J connectivity index is 2.15. The summed E-state index contributed by atoms with van der Waals surface area (Å²) in [4.78, 5) is 4.54. The number of hydrogen-bond acceptors (Lipinski definition) is 1. The number of hydrogen-bond donors (Lipinski definition) is 0. The monoisotopic (exact) mass is 223 g/mol. The highest BCUT2D eigenvalue weighted by Gasteiger charge is 2.22. The number of alkyl halides is 1. The van der Waals surface area contributed by atoms with Crippen molar-refractivity contribution in [1.82, 2.24) is 4.98 Å². The van der Waals surface area contributed by atoms with Gasteiger partial charge in [-0.15, -0.1) is 11.6 Å². The average molecular weight is 224 g/mol. The van der Waals surface area contributed by atoms with E-state index in [4.69, 9.17) is 11.6 Å². The van der Waals surface area contributed by atoms with Crippen molar-refractivity contribution in [1.29, 1.82) is 0 Å². The first-order valence-electron chi connectivity index (χ1n) is 5.81. The van der Waals surface area contributed by atoms with Gasteiger partial charge in [0, 0.05) is 23.7 Å². The van der Waals surface area contributed by atoms with Gasteiger partial charge in [-0.25, -0.2) is 0 Å². The molecule has 15 heavy (non-hydrogen) atoms. The fraction of sp³-hybridized carbons (Fsp3) is 0.615. The summed E-state index contributed by atoms with van der Waals surface area (Å²) in [6, 6.07) is 4.27. The molecule has 0 aliphatic heterocycles. The molecule has 0 bridgehead atoms. The molecule has 2 heteroatoms. The molecule has 0 radical (unpaired) electrons. The Morgan fingerprint density at radius 3 is 3.27 bits per heavy atom. The van der Waals surface area contributed by atoms with Crippen LogP contribution >= 0.6 is 11.6 Å². The highest BCUT2D eigenvalue weighted by atomic mass is 35.5. The Kier molecular flexibility index (Phi) is 3.63. The van der Waals surface area contributed by atoms with E-state index in [9.17, 15) is 0 Å². The Hall–Kier alpha value is -0.560. The third kappa shape index (κ3) is 2.52. The van der Waals surface area contributed by atoms with E-state index < -0.39 is 0 Å². The summed E-state index contributed by atoms with van der Waals surface area (Å²) in [6.45, 7) is 2.23. The number of aryl methyl sites for hydroxylation is 1. The van der Waals surface area contributed by atoms with Crippen LogP contribution in [0.25, 0.3) is 0 Å². The Morgan fingerprint density at radius 1 is 1.60 bits per heavy atom. The molecule has 0 spiro atoms. The standard InChI is InChI=1S/C13H18ClN/c1-10(9-14)8-12-5-2-4-11-6-3-7-15-13(11)12/h3,6-7,10,12H,2,4-5,8-9H2,1H3. The number of halogens is 1. The van der Waals surface area contributed by atoms with Gasteiger partial charge in [-0.1, -0.05) is 13.0 Å². The first-order chi connectivity index (χ1) is 7.31. The molecule has 1 nitrogen and oxygen atoms in total. The van der Waals surface area contributed by atoms with Gasteiger partial charge in [0.25, 0.3) is 0 Å². The zero-order valence-corrected chi connectivity index (χ0v) is 10.0. The van der Waals surface area contributed by atoms with Gasteiger partial charge in [0.15, 0.2) is 0 Å². The van der Waals surface area contributed by atoms with E-state index in [0.717, 1.165) is 5.88 Å². The van der Waals surface area contributed by atoms with E-state index in [0.29, 0.717) is 11.8 Å². The quantitative estimate of drug-likeness (QED) is 0.711. The second kappa shape index (κ2) is 4.98. The topological polar surface area (TPSA) is 12.9 Å². The van der Waals surface area contributed by atoms with Crippen LogP contribution in [0.3, 0.4) is 0 Å². The van der Waals surface area contributed by atoms with Gasteiger partial charge in [0.2, 0.25) is 0 Å². The van der Waals surface area contributed by atoms with Gasteiger partial charge in [-0.2, -0.15) is 0 Å². The summed E-state index contributed by atoms with van der Waals surface area (Å²) in [7, 11) is 0. The van der Waals surface area contributed by atoms with Crippen LogP contribution in [0.5, 0.6) is 0 Å². The van der Waals surface area contributed by atoms with Gasteiger partial charge >= 0.3 is 0 Å². The van der Waals surface area contributed by atoms with E-state index >= 15 is 0 Å². The zero-order chi connectivity index (χ0) is 10.7.